The first-order chi connectivity index (χ1) is 15.8. The van der Waals surface area contributed by atoms with Crippen LogP contribution in [-0.4, -0.2) is 17.5 Å². The molecular formula is C29H28N2O. The van der Waals surface area contributed by atoms with Crippen LogP contribution in [-0.2, 0) is 6.54 Å². The normalized spacial score (nSPS) is 10.7. The predicted octanol–water partition coefficient (Wildman–Crippen LogP) is 6.94. The second-order valence-electron chi connectivity index (χ2n) is 7.87. The van der Waals surface area contributed by atoms with E-state index in [1.807, 2.05) is 65.6 Å². The molecule has 0 aliphatic carbocycles. The van der Waals surface area contributed by atoms with Gasteiger partial charge >= 0.3 is 6.03 Å². The molecule has 3 heteroatoms. The fraction of sp³-hybridized carbons (Fsp3) is 0.138. The summed E-state index contributed by atoms with van der Waals surface area (Å²) < 4.78 is 0. The molecule has 0 heterocycles. The second kappa shape index (κ2) is 11.0. The van der Waals surface area contributed by atoms with Gasteiger partial charge in [-0.3, -0.25) is 0 Å². The molecule has 0 saturated heterocycles. The maximum Gasteiger partial charge on any atom is 0.322 e. The fourth-order valence-corrected chi connectivity index (χ4v) is 3.96. The van der Waals surface area contributed by atoms with Crippen molar-refractivity contribution < 1.29 is 4.79 Å². The lowest BCUT2D eigenvalue weighted by Crippen LogP contribution is -2.36. The molecule has 3 nitrogen and oxygen atoms in total. The highest BCUT2D eigenvalue weighted by Gasteiger charge is 2.19. The van der Waals surface area contributed by atoms with Crippen molar-refractivity contribution in [3.05, 3.63) is 138 Å². The molecule has 4 rings (SSSR count). The molecule has 0 aliphatic heterocycles. The second-order valence-corrected chi connectivity index (χ2v) is 7.87. The van der Waals surface area contributed by atoms with E-state index >= 15 is 0 Å². The number of carbonyl (C=O) groups excluding carboxylic acids is 1. The van der Waals surface area contributed by atoms with E-state index in [4.69, 9.17) is 0 Å². The first-order valence-corrected chi connectivity index (χ1v) is 11.0. The quantitative estimate of drug-likeness (QED) is 0.329. The Bertz CT molecular complexity index is 1040. The van der Waals surface area contributed by atoms with E-state index in [1.54, 1.807) is 0 Å². The lowest BCUT2D eigenvalue weighted by molar-refractivity contribution is 0.207. The van der Waals surface area contributed by atoms with Gasteiger partial charge < -0.3 is 10.2 Å². The average Bonchev–Trinajstić information content (AvgIpc) is 2.86. The van der Waals surface area contributed by atoms with Gasteiger partial charge in [0.05, 0.1) is 0 Å². The lowest BCUT2D eigenvalue weighted by Gasteiger charge is -2.26. The number of para-hydroxylation sites is 1. The minimum Gasteiger partial charge on any atom is -0.320 e. The van der Waals surface area contributed by atoms with Gasteiger partial charge in [0.2, 0.25) is 0 Å². The highest BCUT2D eigenvalue weighted by Crippen LogP contribution is 2.28. The molecule has 4 aromatic carbocycles. The Morgan fingerprint density at radius 2 is 1.12 bits per heavy atom. The summed E-state index contributed by atoms with van der Waals surface area (Å²) in [5.74, 6) is 0.222. The number of amides is 2. The fourth-order valence-electron chi connectivity index (χ4n) is 3.96. The van der Waals surface area contributed by atoms with Gasteiger partial charge in [0, 0.05) is 24.7 Å². The van der Waals surface area contributed by atoms with Crippen LogP contribution >= 0.6 is 0 Å². The predicted molar refractivity (Wildman–Crippen MR) is 132 cm³/mol. The maximum atomic E-state index is 13.2. The van der Waals surface area contributed by atoms with Crippen molar-refractivity contribution in [1.29, 1.82) is 0 Å². The van der Waals surface area contributed by atoms with Gasteiger partial charge in [0.15, 0.2) is 0 Å². The van der Waals surface area contributed by atoms with Crippen LogP contribution in [0.25, 0.3) is 0 Å². The van der Waals surface area contributed by atoms with E-state index in [9.17, 15) is 4.79 Å². The standard InChI is InChI=1S/C29H28N2O/c32-29(30-27-19-11-4-12-20-27)31(23-24-13-5-1-6-14-24)22-21-28(25-15-7-2-8-16-25)26-17-9-3-10-18-26/h1-20,28H,21-23H2,(H,30,32). The number of nitrogens with one attached hydrogen (secondary N) is 1. The minimum absolute atomic E-state index is 0.0834. The first kappa shape index (κ1) is 21.4. The summed E-state index contributed by atoms with van der Waals surface area (Å²) in [6, 6.07) is 40.8. The summed E-state index contributed by atoms with van der Waals surface area (Å²) >= 11 is 0. The zero-order valence-electron chi connectivity index (χ0n) is 18.1. The molecular weight excluding hydrogens is 392 g/mol. The van der Waals surface area contributed by atoms with Crippen LogP contribution in [0, 0.1) is 0 Å². The zero-order chi connectivity index (χ0) is 22.0. The van der Waals surface area contributed by atoms with Gasteiger partial charge in [0.25, 0.3) is 0 Å². The number of anilines is 1. The summed E-state index contributed by atoms with van der Waals surface area (Å²) in [7, 11) is 0. The molecule has 0 bridgehead atoms. The Hall–Kier alpha value is -3.85. The topological polar surface area (TPSA) is 32.3 Å². The van der Waals surface area contributed by atoms with Crippen molar-refractivity contribution in [2.24, 2.45) is 0 Å². The summed E-state index contributed by atoms with van der Waals surface area (Å²) in [5.41, 5.74) is 4.45. The van der Waals surface area contributed by atoms with Crippen molar-refractivity contribution >= 4 is 11.7 Å². The third kappa shape index (κ3) is 5.86. The summed E-state index contributed by atoms with van der Waals surface area (Å²) in [6.45, 7) is 1.21. The van der Waals surface area contributed by atoms with E-state index in [0.717, 1.165) is 17.7 Å². The molecule has 160 valence electrons. The van der Waals surface area contributed by atoms with E-state index in [1.165, 1.54) is 11.1 Å². The van der Waals surface area contributed by atoms with Gasteiger partial charge in [-0.05, 0) is 35.2 Å². The zero-order valence-corrected chi connectivity index (χ0v) is 18.1. The highest BCUT2D eigenvalue weighted by molar-refractivity contribution is 5.89. The summed E-state index contributed by atoms with van der Waals surface area (Å²) in [5, 5.41) is 3.05. The third-order valence-electron chi connectivity index (χ3n) is 5.62. The van der Waals surface area contributed by atoms with Crippen LogP contribution in [0.4, 0.5) is 10.5 Å². The molecule has 0 fully saturated rings. The SMILES string of the molecule is O=C(Nc1ccccc1)N(CCC(c1ccccc1)c1ccccc1)Cc1ccccc1. The minimum atomic E-state index is -0.0834. The monoisotopic (exact) mass is 420 g/mol. The number of hydrogen-bond acceptors (Lipinski definition) is 1. The first-order valence-electron chi connectivity index (χ1n) is 11.0. The molecule has 0 radical (unpaired) electrons. The number of urea groups is 1. The Balaban J connectivity index is 1.55. The molecule has 1 N–H and O–H groups in total. The van der Waals surface area contributed by atoms with Crippen molar-refractivity contribution in [3.8, 4) is 0 Å². The van der Waals surface area contributed by atoms with E-state index in [2.05, 4.69) is 66.0 Å². The van der Waals surface area contributed by atoms with Gasteiger partial charge in [-0.1, -0.05) is 109 Å². The van der Waals surface area contributed by atoms with Crippen LogP contribution in [0.2, 0.25) is 0 Å². The van der Waals surface area contributed by atoms with Gasteiger partial charge in [0.1, 0.15) is 0 Å². The van der Waals surface area contributed by atoms with E-state index < -0.39 is 0 Å². The largest absolute Gasteiger partial charge is 0.322 e. The Morgan fingerprint density at radius 3 is 1.66 bits per heavy atom. The maximum absolute atomic E-state index is 13.2. The number of rotatable bonds is 8. The third-order valence-corrected chi connectivity index (χ3v) is 5.62. The Kier molecular flexibility index (Phi) is 7.33. The average molecular weight is 421 g/mol. The Labute approximate surface area is 190 Å². The molecule has 0 aromatic heterocycles. The molecule has 32 heavy (non-hydrogen) atoms. The summed E-state index contributed by atoms with van der Waals surface area (Å²) in [6.07, 6.45) is 0.836. The number of carbonyl (C=O) groups is 1. The van der Waals surface area contributed by atoms with E-state index in [-0.39, 0.29) is 11.9 Å². The highest BCUT2D eigenvalue weighted by atomic mass is 16.2. The number of hydrogen-bond donors (Lipinski definition) is 1. The molecule has 0 atom stereocenters. The molecule has 4 aromatic rings. The smallest absolute Gasteiger partial charge is 0.320 e. The van der Waals surface area contributed by atoms with Gasteiger partial charge in [-0.25, -0.2) is 4.79 Å². The molecule has 0 aliphatic rings. The lowest BCUT2D eigenvalue weighted by atomic mass is 9.88. The van der Waals surface area contributed by atoms with Crippen molar-refractivity contribution in [1.82, 2.24) is 4.90 Å². The Morgan fingerprint density at radius 1 is 0.656 bits per heavy atom. The summed E-state index contributed by atoms with van der Waals surface area (Å²) in [4.78, 5) is 15.1. The van der Waals surface area contributed by atoms with E-state index in [0.29, 0.717) is 13.1 Å². The van der Waals surface area contributed by atoms with Crippen molar-refractivity contribution in [3.63, 3.8) is 0 Å². The molecule has 2 amide bonds. The van der Waals surface area contributed by atoms with Crippen molar-refractivity contribution in [2.75, 3.05) is 11.9 Å². The van der Waals surface area contributed by atoms with Crippen LogP contribution in [0.3, 0.4) is 0 Å². The van der Waals surface area contributed by atoms with Crippen LogP contribution in [0.5, 0.6) is 0 Å². The van der Waals surface area contributed by atoms with Gasteiger partial charge in [-0.15, -0.1) is 0 Å². The van der Waals surface area contributed by atoms with Crippen molar-refractivity contribution in [2.45, 2.75) is 18.9 Å². The van der Waals surface area contributed by atoms with Crippen LogP contribution in [0.15, 0.2) is 121 Å². The van der Waals surface area contributed by atoms with Gasteiger partial charge in [-0.2, -0.15) is 0 Å². The number of nitrogens with zero attached hydrogens (tertiary/aromatic N) is 1. The van der Waals surface area contributed by atoms with Crippen LogP contribution < -0.4 is 5.32 Å². The molecule has 0 spiro atoms. The molecule has 0 saturated carbocycles. The number of benzene rings is 4. The molecule has 0 unspecified atom stereocenters. The van der Waals surface area contributed by atoms with Crippen LogP contribution in [0.1, 0.15) is 29.0 Å².